The zero-order chi connectivity index (χ0) is 26.7. The molecule has 3 aromatic rings. The van der Waals surface area contributed by atoms with E-state index in [-0.39, 0.29) is 30.8 Å². The molecule has 10 nitrogen and oxygen atoms in total. The maximum Gasteiger partial charge on any atom is 0.312 e. The van der Waals surface area contributed by atoms with Crippen LogP contribution in [-0.4, -0.2) is 38.7 Å². The molecule has 0 spiro atoms. The Morgan fingerprint density at radius 2 is 1.69 bits per heavy atom. The molecule has 36 heavy (non-hydrogen) atoms. The van der Waals surface area contributed by atoms with Crippen LogP contribution in [0.5, 0.6) is 11.5 Å². The minimum atomic E-state index is -5.29. The second-order valence-electron chi connectivity index (χ2n) is 8.02. The first kappa shape index (κ1) is 27.3. The zero-order valence-corrected chi connectivity index (χ0v) is 21.0. The third kappa shape index (κ3) is 6.28. The Hall–Kier alpha value is -3.29. The van der Waals surface area contributed by atoms with E-state index >= 15 is 0 Å². The number of halogens is 1. The molecular weight excluding hydrogens is 517 g/mol. The summed E-state index contributed by atoms with van der Waals surface area (Å²) in [5, 5.41) is 12.7. The molecule has 0 radical (unpaired) electrons. The van der Waals surface area contributed by atoms with Crippen molar-refractivity contribution >= 4 is 36.7 Å². The van der Waals surface area contributed by atoms with Gasteiger partial charge in [-0.05, 0) is 35.8 Å². The van der Waals surface area contributed by atoms with Gasteiger partial charge < -0.3 is 13.5 Å². The first-order valence-corrected chi connectivity index (χ1v) is 13.8. The first-order valence-electron chi connectivity index (χ1n) is 10.8. The van der Waals surface area contributed by atoms with Gasteiger partial charge in [0.05, 0.1) is 22.2 Å². The Morgan fingerprint density at radius 1 is 1.03 bits per heavy atom. The van der Waals surface area contributed by atoms with Gasteiger partial charge in [-0.1, -0.05) is 44.2 Å². The lowest BCUT2D eigenvalue weighted by Gasteiger charge is -2.16. The first-order chi connectivity index (χ1) is 16.8. The molecule has 0 aliphatic rings. The van der Waals surface area contributed by atoms with Gasteiger partial charge in [-0.3, -0.25) is 10.1 Å². The van der Waals surface area contributed by atoms with Crippen molar-refractivity contribution in [3.63, 3.8) is 0 Å². The standard InChI is InChI=1S/C23H24FNO9S2/c1-3-15(2)16-9-10-21(18-8-5-4-7-17(16)18)34-35(28,29)12-6-11-33-22-13-19(24)23(36(30,31)32)14-20(22)25(26)27/h4-5,7-10,13-15H,3,6,11-12H2,1-2H3,(H,30,31,32)/p-1. The third-order valence-corrected chi connectivity index (χ3v) is 7.63. The van der Waals surface area contributed by atoms with E-state index in [1.165, 1.54) is 0 Å². The Bertz CT molecular complexity index is 1510. The Labute approximate surface area is 207 Å². The quantitative estimate of drug-likeness (QED) is 0.113. The Morgan fingerprint density at radius 3 is 2.31 bits per heavy atom. The smallest absolute Gasteiger partial charge is 0.312 e. The lowest BCUT2D eigenvalue weighted by molar-refractivity contribution is -0.386. The molecule has 1 unspecified atom stereocenters. The minimum absolute atomic E-state index is 0.158. The van der Waals surface area contributed by atoms with Crippen molar-refractivity contribution in [3.05, 3.63) is 70.0 Å². The molecule has 1 atom stereocenters. The van der Waals surface area contributed by atoms with E-state index in [0.29, 0.717) is 11.5 Å². The molecule has 0 saturated carbocycles. The molecule has 3 rings (SSSR count). The molecule has 0 bridgehead atoms. The number of fused-ring (bicyclic) bond motifs is 1. The van der Waals surface area contributed by atoms with Gasteiger partial charge >= 0.3 is 15.8 Å². The second-order valence-corrected chi connectivity index (χ2v) is 11.1. The topological polar surface area (TPSA) is 153 Å². The van der Waals surface area contributed by atoms with Crippen molar-refractivity contribution in [2.75, 3.05) is 12.4 Å². The number of benzene rings is 3. The van der Waals surface area contributed by atoms with Gasteiger partial charge in [0.2, 0.25) is 0 Å². The van der Waals surface area contributed by atoms with Gasteiger partial charge in [0.1, 0.15) is 21.7 Å². The number of nitro groups is 1. The van der Waals surface area contributed by atoms with Gasteiger partial charge in [0.15, 0.2) is 5.75 Å². The molecule has 3 aromatic carbocycles. The van der Waals surface area contributed by atoms with Crippen LogP contribution >= 0.6 is 0 Å². The Kier molecular flexibility index (Phi) is 8.16. The largest absolute Gasteiger partial charge is 0.744 e. The summed E-state index contributed by atoms with van der Waals surface area (Å²) in [4.78, 5) is 8.76. The maximum absolute atomic E-state index is 14.0. The van der Waals surface area contributed by atoms with Gasteiger partial charge in [0.25, 0.3) is 0 Å². The number of hydrogen-bond acceptors (Lipinski definition) is 9. The summed E-state index contributed by atoms with van der Waals surface area (Å²) in [5.41, 5.74) is 0.119. The molecule has 0 saturated heterocycles. The van der Waals surface area contributed by atoms with E-state index in [1.54, 1.807) is 18.2 Å². The van der Waals surface area contributed by atoms with Crippen LogP contribution in [0.3, 0.4) is 0 Å². The van der Waals surface area contributed by atoms with E-state index in [0.717, 1.165) is 17.4 Å². The lowest BCUT2D eigenvalue weighted by atomic mass is 9.93. The van der Waals surface area contributed by atoms with E-state index in [4.69, 9.17) is 8.92 Å². The molecule has 13 heteroatoms. The summed E-state index contributed by atoms with van der Waals surface area (Å²) in [5.74, 6) is -2.26. The van der Waals surface area contributed by atoms with Crippen molar-refractivity contribution in [3.8, 4) is 11.5 Å². The SMILES string of the molecule is CCC(C)c1ccc(OS(=O)(=O)CCCOc2cc(F)c(S(=O)(=O)[O-])cc2[N+](=O)[O-])c2ccccc12. The van der Waals surface area contributed by atoms with Crippen molar-refractivity contribution in [1.29, 1.82) is 0 Å². The highest BCUT2D eigenvalue weighted by molar-refractivity contribution is 7.87. The summed E-state index contributed by atoms with van der Waals surface area (Å²) in [6, 6.07) is 11.4. The highest BCUT2D eigenvalue weighted by Gasteiger charge is 2.23. The molecule has 0 aliphatic carbocycles. The predicted octanol–water partition coefficient (Wildman–Crippen LogP) is 4.48. The van der Waals surface area contributed by atoms with Crippen LogP contribution in [0.4, 0.5) is 10.1 Å². The summed E-state index contributed by atoms with van der Waals surface area (Å²) < 4.78 is 82.7. The highest BCUT2D eigenvalue weighted by atomic mass is 32.2. The second kappa shape index (κ2) is 10.8. The summed E-state index contributed by atoms with van der Waals surface area (Å²) in [6.07, 6.45) is 0.728. The lowest BCUT2D eigenvalue weighted by Crippen LogP contribution is -2.16. The molecular formula is C23H23FNO9S2-. The molecule has 0 N–H and O–H groups in total. The highest BCUT2D eigenvalue weighted by Crippen LogP contribution is 2.35. The molecule has 0 aliphatic heterocycles. The Balaban J connectivity index is 1.72. The molecule has 0 amide bonds. The average molecular weight is 541 g/mol. The maximum atomic E-state index is 14.0. The monoisotopic (exact) mass is 540 g/mol. The zero-order valence-electron chi connectivity index (χ0n) is 19.3. The van der Waals surface area contributed by atoms with Crippen LogP contribution in [-0.2, 0) is 20.2 Å². The van der Waals surface area contributed by atoms with Crippen LogP contribution in [0.25, 0.3) is 10.8 Å². The summed E-state index contributed by atoms with van der Waals surface area (Å²) >= 11 is 0. The van der Waals surface area contributed by atoms with Crippen LogP contribution in [0.15, 0.2) is 53.4 Å². The molecule has 194 valence electrons. The van der Waals surface area contributed by atoms with Crippen molar-refractivity contribution < 1.29 is 39.6 Å². The molecule has 0 heterocycles. The minimum Gasteiger partial charge on any atom is -0.744 e. The van der Waals surface area contributed by atoms with E-state index < -0.39 is 53.1 Å². The van der Waals surface area contributed by atoms with Crippen molar-refractivity contribution in [2.24, 2.45) is 0 Å². The van der Waals surface area contributed by atoms with E-state index in [2.05, 4.69) is 13.8 Å². The number of ether oxygens (including phenoxy) is 1. The van der Waals surface area contributed by atoms with E-state index in [9.17, 15) is 35.9 Å². The van der Waals surface area contributed by atoms with Gasteiger partial charge in [0, 0.05) is 17.5 Å². The fourth-order valence-corrected chi connectivity index (χ4v) is 5.11. The summed E-state index contributed by atoms with van der Waals surface area (Å²) in [7, 11) is -9.37. The normalized spacial score (nSPS) is 12.9. The molecule has 0 aromatic heterocycles. The number of hydrogen-bond donors (Lipinski definition) is 0. The van der Waals surface area contributed by atoms with E-state index in [1.807, 2.05) is 18.2 Å². The fourth-order valence-electron chi connectivity index (χ4n) is 3.59. The van der Waals surface area contributed by atoms with Crippen LogP contribution in [0.2, 0.25) is 0 Å². The number of nitro benzene ring substituents is 1. The van der Waals surface area contributed by atoms with Crippen molar-refractivity contribution in [1.82, 2.24) is 0 Å². The van der Waals surface area contributed by atoms with Crippen LogP contribution < -0.4 is 8.92 Å². The average Bonchev–Trinajstić information content (AvgIpc) is 2.80. The number of rotatable bonds is 11. The van der Waals surface area contributed by atoms with Crippen LogP contribution in [0.1, 0.15) is 38.2 Å². The number of nitrogens with zero attached hydrogens (tertiary/aromatic N) is 1. The van der Waals surface area contributed by atoms with Gasteiger partial charge in [-0.15, -0.1) is 0 Å². The van der Waals surface area contributed by atoms with Crippen molar-refractivity contribution in [2.45, 2.75) is 37.5 Å². The summed E-state index contributed by atoms with van der Waals surface area (Å²) in [6.45, 7) is 3.74. The van der Waals surface area contributed by atoms with Gasteiger partial charge in [-0.25, -0.2) is 12.8 Å². The third-order valence-electron chi connectivity index (χ3n) is 5.55. The predicted molar refractivity (Wildman–Crippen MR) is 128 cm³/mol. The van der Waals surface area contributed by atoms with Gasteiger partial charge in [-0.2, -0.15) is 8.42 Å². The fraction of sp³-hybridized carbons (Fsp3) is 0.304. The van der Waals surface area contributed by atoms with Crippen LogP contribution in [0, 0.1) is 15.9 Å². The molecule has 0 fully saturated rings.